The maximum absolute atomic E-state index is 6.37. The zero-order valence-corrected chi connectivity index (χ0v) is 10.3. The number of aryl methyl sites for hydroxylation is 1. The van der Waals surface area contributed by atoms with Crippen molar-refractivity contribution < 1.29 is 4.74 Å². The van der Waals surface area contributed by atoms with E-state index in [1.807, 2.05) is 0 Å². The van der Waals surface area contributed by atoms with Crippen LogP contribution in [0.5, 0.6) is 0 Å². The Morgan fingerprint density at radius 1 is 1.18 bits per heavy atom. The summed E-state index contributed by atoms with van der Waals surface area (Å²) in [6, 6.07) is 8.63. The first kappa shape index (κ1) is 11.2. The Labute approximate surface area is 103 Å². The molecule has 0 amide bonds. The van der Waals surface area contributed by atoms with Crippen LogP contribution in [-0.2, 0) is 11.2 Å². The van der Waals surface area contributed by atoms with Crippen LogP contribution in [0.4, 0.5) is 0 Å². The predicted octanol–water partition coefficient (Wildman–Crippen LogP) is 2.82. The smallest absolute Gasteiger partial charge is 0.0767 e. The average molecular weight is 231 g/mol. The van der Waals surface area contributed by atoms with Crippen LogP contribution in [0, 0.1) is 5.92 Å². The van der Waals surface area contributed by atoms with Crippen LogP contribution in [-0.4, -0.2) is 12.7 Å². The minimum absolute atomic E-state index is 0.0625. The number of benzene rings is 1. The third-order valence-corrected chi connectivity index (χ3v) is 3.99. The zero-order chi connectivity index (χ0) is 11.7. The van der Waals surface area contributed by atoms with Gasteiger partial charge in [-0.1, -0.05) is 24.3 Å². The lowest BCUT2D eigenvalue weighted by atomic mass is 9.98. The van der Waals surface area contributed by atoms with Crippen molar-refractivity contribution in [1.82, 2.24) is 0 Å². The van der Waals surface area contributed by atoms with Crippen LogP contribution in [0.3, 0.4) is 0 Å². The summed E-state index contributed by atoms with van der Waals surface area (Å²) in [5.41, 5.74) is 9.08. The van der Waals surface area contributed by atoms with Gasteiger partial charge in [0.1, 0.15) is 0 Å². The number of hydrogen-bond donors (Lipinski definition) is 1. The molecule has 2 heteroatoms. The molecule has 1 fully saturated rings. The van der Waals surface area contributed by atoms with Crippen molar-refractivity contribution in [2.75, 3.05) is 6.61 Å². The van der Waals surface area contributed by atoms with Gasteiger partial charge in [0.25, 0.3) is 0 Å². The fourth-order valence-corrected chi connectivity index (χ4v) is 2.69. The first-order valence-corrected chi connectivity index (χ1v) is 6.79. The largest absolute Gasteiger partial charge is 0.376 e. The van der Waals surface area contributed by atoms with Gasteiger partial charge in [0, 0.05) is 6.61 Å². The molecule has 0 saturated heterocycles. The standard InChI is InChI=1S/C15H21NO/c16-15-13-6-2-1-4-12(13)5-3-7-14(15)17-10-11-8-9-11/h1-2,4,6,11,14-15H,3,5,7-10,16H2. The molecule has 2 aliphatic rings. The number of nitrogens with two attached hydrogens (primary N) is 1. The second kappa shape index (κ2) is 4.79. The van der Waals surface area contributed by atoms with E-state index in [1.165, 1.54) is 30.4 Å². The minimum atomic E-state index is 0.0625. The Balaban J connectivity index is 1.73. The lowest BCUT2D eigenvalue weighted by Crippen LogP contribution is -2.29. The number of fused-ring (bicyclic) bond motifs is 1. The molecule has 0 heterocycles. The Bertz CT molecular complexity index is 386. The molecular formula is C15H21NO. The number of rotatable bonds is 3. The highest BCUT2D eigenvalue weighted by atomic mass is 16.5. The summed E-state index contributed by atoms with van der Waals surface area (Å²) in [4.78, 5) is 0. The topological polar surface area (TPSA) is 35.2 Å². The van der Waals surface area contributed by atoms with Gasteiger partial charge < -0.3 is 10.5 Å². The molecule has 92 valence electrons. The molecule has 0 spiro atoms. The van der Waals surface area contributed by atoms with Gasteiger partial charge in [-0.15, -0.1) is 0 Å². The molecule has 2 atom stereocenters. The molecule has 1 aromatic rings. The maximum atomic E-state index is 6.37. The third-order valence-electron chi connectivity index (χ3n) is 3.99. The molecule has 2 N–H and O–H groups in total. The van der Waals surface area contributed by atoms with Gasteiger partial charge in [0.15, 0.2) is 0 Å². The van der Waals surface area contributed by atoms with Crippen molar-refractivity contribution in [3.63, 3.8) is 0 Å². The molecule has 2 unspecified atom stereocenters. The number of hydrogen-bond acceptors (Lipinski definition) is 2. The highest BCUT2D eigenvalue weighted by molar-refractivity contribution is 5.31. The Kier molecular flexibility index (Phi) is 3.17. The molecule has 0 aromatic heterocycles. The zero-order valence-electron chi connectivity index (χ0n) is 10.3. The second-order valence-electron chi connectivity index (χ2n) is 5.43. The summed E-state index contributed by atoms with van der Waals surface area (Å²) in [6.07, 6.45) is 6.35. The molecule has 2 aliphatic carbocycles. The maximum Gasteiger partial charge on any atom is 0.0767 e. The average Bonchev–Trinajstić information content (AvgIpc) is 3.17. The summed E-state index contributed by atoms with van der Waals surface area (Å²) in [7, 11) is 0. The molecule has 17 heavy (non-hydrogen) atoms. The van der Waals surface area contributed by atoms with E-state index in [2.05, 4.69) is 24.3 Å². The van der Waals surface area contributed by atoms with Crippen LogP contribution >= 0.6 is 0 Å². The van der Waals surface area contributed by atoms with E-state index in [0.29, 0.717) is 0 Å². The predicted molar refractivity (Wildman–Crippen MR) is 68.8 cm³/mol. The lowest BCUT2D eigenvalue weighted by molar-refractivity contribution is 0.0236. The minimum Gasteiger partial charge on any atom is -0.376 e. The Hall–Kier alpha value is -0.860. The van der Waals surface area contributed by atoms with E-state index in [1.54, 1.807) is 0 Å². The van der Waals surface area contributed by atoms with Crippen molar-refractivity contribution in [1.29, 1.82) is 0 Å². The summed E-state index contributed by atoms with van der Waals surface area (Å²) in [5, 5.41) is 0. The first-order valence-electron chi connectivity index (χ1n) is 6.79. The Morgan fingerprint density at radius 2 is 2.00 bits per heavy atom. The summed E-state index contributed by atoms with van der Waals surface area (Å²) in [5.74, 6) is 0.820. The molecule has 1 aromatic carbocycles. The molecular weight excluding hydrogens is 210 g/mol. The van der Waals surface area contributed by atoms with E-state index in [9.17, 15) is 0 Å². The van der Waals surface area contributed by atoms with Gasteiger partial charge in [-0.2, -0.15) is 0 Å². The Morgan fingerprint density at radius 3 is 2.82 bits per heavy atom. The van der Waals surface area contributed by atoms with E-state index in [-0.39, 0.29) is 12.1 Å². The van der Waals surface area contributed by atoms with Crippen LogP contribution < -0.4 is 5.73 Å². The van der Waals surface area contributed by atoms with Gasteiger partial charge in [-0.05, 0) is 49.1 Å². The highest BCUT2D eigenvalue weighted by Crippen LogP contribution is 2.33. The second-order valence-corrected chi connectivity index (χ2v) is 5.43. The van der Waals surface area contributed by atoms with Crippen molar-refractivity contribution in [3.8, 4) is 0 Å². The molecule has 0 aliphatic heterocycles. The lowest BCUT2D eigenvalue weighted by Gasteiger charge is -2.23. The first-order chi connectivity index (χ1) is 8.34. The fraction of sp³-hybridized carbons (Fsp3) is 0.600. The van der Waals surface area contributed by atoms with Gasteiger partial charge in [-0.3, -0.25) is 0 Å². The molecule has 0 radical (unpaired) electrons. The van der Waals surface area contributed by atoms with Gasteiger partial charge in [0.2, 0.25) is 0 Å². The van der Waals surface area contributed by atoms with E-state index >= 15 is 0 Å². The van der Waals surface area contributed by atoms with Crippen molar-refractivity contribution in [2.45, 2.75) is 44.2 Å². The highest BCUT2D eigenvalue weighted by Gasteiger charge is 2.28. The normalized spacial score (nSPS) is 28.5. The van der Waals surface area contributed by atoms with Crippen LogP contribution in [0.2, 0.25) is 0 Å². The summed E-state index contributed by atoms with van der Waals surface area (Å²) >= 11 is 0. The van der Waals surface area contributed by atoms with E-state index in [4.69, 9.17) is 10.5 Å². The number of ether oxygens (including phenoxy) is 1. The van der Waals surface area contributed by atoms with Crippen molar-refractivity contribution >= 4 is 0 Å². The van der Waals surface area contributed by atoms with E-state index < -0.39 is 0 Å². The van der Waals surface area contributed by atoms with Crippen molar-refractivity contribution in [2.24, 2.45) is 11.7 Å². The summed E-state index contributed by atoms with van der Waals surface area (Å²) < 4.78 is 6.03. The van der Waals surface area contributed by atoms with Crippen LogP contribution in [0.15, 0.2) is 24.3 Å². The van der Waals surface area contributed by atoms with Crippen LogP contribution in [0.25, 0.3) is 0 Å². The molecule has 2 nitrogen and oxygen atoms in total. The monoisotopic (exact) mass is 231 g/mol. The fourth-order valence-electron chi connectivity index (χ4n) is 2.69. The SMILES string of the molecule is NC1c2ccccc2CCCC1OCC1CC1. The van der Waals surface area contributed by atoms with Gasteiger partial charge >= 0.3 is 0 Å². The van der Waals surface area contributed by atoms with Crippen molar-refractivity contribution in [3.05, 3.63) is 35.4 Å². The van der Waals surface area contributed by atoms with Gasteiger partial charge in [-0.25, -0.2) is 0 Å². The molecule has 0 bridgehead atoms. The van der Waals surface area contributed by atoms with Crippen LogP contribution in [0.1, 0.15) is 42.9 Å². The third kappa shape index (κ3) is 2.53. The van der Waals surface area contributed by atoms with Gasteiger partial charge in [0.05, 0.1) is 12.1 Å². The van der Waals surface area contributed by atoms with E-state index in [0.717, 1.165) is 25.4 Å². The molecule has 3 rings (SSSR count). The quantitative estimate of drug-likeness (QED) is 0.812. The summed E-state index contributed by atoms with van der Waals surface area (Å²) in [6.45, 7) is 0.917. The molecule has 1 saturated carbocycles.